The minimum atomic E-state index is 0. The van der Waals surface area contributed by atoms with Crippen LogP contribution in [0.25, 0.3) is 0 Å². The predicted molar refractivity (Wildman–Crippen MR) is 67.1 cm³/mol. The predicted octanol–water partition coefficient (Wildman–Crippen LogP) is 0.223. The molecule has 1 aromatic heterocycles. The fraction of sp³-hybridized carbons (Fsp3) is 0.545. The molecule has 17 heavy (non-hydrogen) atoms. The lowest BCUT2D eigenvalue weighted by atomic mass is 10.3. The zero-order chi connectivity index (χ0) is 11.2. The van der Waals surface area contributed by atoms with E-state index in [-0.39, 0.29) is 18.3 Å². The number of hydrogen-bond donors (Lipinski definition) is 2. The molecule has 0 bridgehead atoms. The van der Waals surface area contributed by atoms with E-state index in [1.165, 1.54) is 0 Å². The molecule has 1 aliphatic heterocycles. The molecule has 1 amide bonds. The second-order valence-electron chi connectivity index (χ2n) is 3.88. The number of piperazine rings is 1. The van der Waals surface area contributed by atoms with Gasteiger partial charge in [-0.15, -0.1) is 12.4 Å². The van der Waals surface area contributed by atoms with Crippen molar-refractivity contribution in [2.45, 2.75) is 6.54 Å². The van der Waals surface area contributed by atoms with E-state index in [1.54, 1.807) is 6.26 Å². The van der Waals surface area contributed by atoms with Crippen molar-refractivity contribution < 1.29 is 9.21 Å². The standard InChI is InChI=1S/C11H17N3O2.ClH/c15-11(9-14-5-3-12-4-6-14)13-8-10-2-1-7-16-10;/h1-2,7,12H,3-6,8-9H2,(H,13,15);1H. The molecule has 0 radical (unpaired) electrons. The molecular formula is C11H18ClN3O2. The number of halogens is 1. The number of hydrogen-bond acceptors (Lipinski definition) is 4. The molecule has 6 heteroatoms. The first-order valence-corrected chi connectivity index (χ1v) is 5.57. The Kier molecular flexibility index (Phi) is 6.04. The van der Waals surface area contributed by atoms with Crippen molar-refractivity contribution in [3.8, 4) is 0 Å². The van der Waals surface area contributed by atoms with Crippen LogP contribution >= 0.6 is 12.4 Å². The summed E-state index contributed by atoms with van der Waals surface area (Å²) in [7, 11) is 0. The van der Waals surface area contributed by atoms with Crippen molar-refractivity contribution in [2.75, 3.05) is 32.7 Å². The summed E-state index contributed by atoms with van der Waals surface area (Å²) in [6.45, 7) is 4.75. The van der Waals surface area contributed by atoms with E-state index in [2.05, 4.69) is 15.5 Å². The summed E-state index contributed by atoms with van der Waals surface area (Å²) < 4.78 is 5.14. The summed E-state index contributed by atoms with van der Waals surface area (Å²) in [5.74, 6) is 0.840. The van der Waals surface area contributed by atoms with E-state index in [0.717, 1.165) is 31.9 Å². The minimum Gasteiger partial charge on any atom is -0.467 e. The van der Waals surface area contributed by atoms with Crippen LogP contribution < -0.4 is 10.6 Å². The molecule has 0 aliphatic carbocycles. The number of nitrogens with zero attached hydrogens (tertiary/aromatic N) is 1. The van der Waals surface area contributed by atoms with Gasteiger partial charge < -0.3 is 15.1 Å². The lowest BCUT2D eigenvalue weighted by molar-refractivity contribution is -0.122. The number of carbonyl (C=O) groups excluding carboxylic acids is 1. The Hall–Kier alpha value is -1.04. The Labute approximate surface area is 107 Å². The highest BCUT2D eigenvalue weighted by atomic mass is 35.5. The highest BCUT2D eigenvalue weighted by Crippen LogP contribution is 1.98. The van der Waals surface area contributed by atoms with E-state index in [9.17, 15) is 4.79 Å². The third-order valence-electron chi connectivity index (χ3n) is 2.62. The third kappa shape index (κ3) is 4.77. The average molecular weight is 260 g/mol. The van der Waals surface area contributed by atoms with E-state index in [0.29, 0.717) is 13.1 Å². The van der Waals surface area contributed by atoms with Gasteiger partial charge in [0, 0.05) is 26.2 Å². The topological polar surface area (TPSA) is 57.5 Å². The summed E-state index contributed by atoms with van der Waals surface area (Å²) >= 11 is 0. The molecule has 2 rings (SSSR count). The molecule has 0 spiro atoms. The Balaban J connectivity index is 0.00000144. The fourth-order valence-corrected chi connectivity index (χ4v) is 1.73. The summed E-state index contributed by atoms with van der Waals surface area (Å²) in [6, 6.07) is 3.67. The van der Waals surface area contributed by atoms with E-state index in [4.69, 9.17) is 4.42 Å². The van der Waals surface area contributed by atoms with Crippen molar-refractivity contribution in [2.24, 2.45) is 0 Å². The van der Waals surface area contributed by atoms with Crippen LogP contribution in [-0.2, 0) is 11.3 Å². The summed E-state index contributed by atoms with van der Waals surface area (Å²) in [5, 5.41) is 6.09. The summed E-state index contributed by atoms with van der Waals surface area (Å²) in [4.78, 5) is 13.7. The van der Waals surface area contributed by atoms with E-state index in [1.807, 2.05) is 12.1 Å². The van der Waals surface area contributed by atoms with Crippen LogP contribution in [0.4, 0.5) is 0 Å². The smallest absolute Gasteiger partial charge is 0.234 e. The van der Waals surface area contributed by atoms with Crippen LogP contribution in [-0.4, -0.2) is 43.5 Å². The van der Waals surface area contributed by atoms with Crippen molar-refractivity contribution in [3.05, 3.63) is 24.2 Å². The molecular weight excluding hydrogens is 242 g/mol. The van der Waals surface area contributed by atoms with Crippen LogP contribution in [0.3, 0.4) is 0 Å². The van der Waals surface area contributed by atoms with Crippen LogP contribution in [0.1, 0.15) is 5.76 Å². The van der Waals surface area contributed by atoms with Gasteiger partial charge >= 0.3 is 0 Å². The zero-order valence-electron chi connectivity index (χ0n) is 9.65. The lowest BCUT2D eigenvalue weighted by Gasteiger charge is -2.26. The maximum Gasteiger partial charge on any atom is 0.234 e. The van der Waals surface area contributed by atoms with Gasteiger partial charge in [-0.2, -0.15) is 0 Å². The fourth-order valence-electron chi connectivity index (χ4n) is 1.73. The van der Waals surface area contributed by atoms with Gasteiger partial charge in [-0.3, -0.25) is 9.69 Å². The highest BCUT2D eigenvalue weighted by molar-refractivity contribution is 5.85. The number of nitrogens with one attached hydrogen (secondary N) is 2. The molecule has 1 aliphatic rings. The van der Waals surface area contributed by atoms with Crippen molar-refractivity contribution in [3.63, 3.8) is 0 Å². The first-order valence-electron chi connectivity index (χ1n) is 5.57. The number of rotatable bonds is 4. The third-order valence-corrected chi connectivity index (χ3v) is 2.62. The van der Waals surface area contributed by atoms with E-state index >= 15 is 0 Å². The first kappa shape index (κ1) is 14.0. The van der Waals surface area contributed by atoms with Gasteiger partial charge in [-0.25, -0.2) is 0 Å². The van der Waals surface area contributed by atoms with Gasteiger partial charge in [0.15, 0.2) is 0 Å². The normalized spacial score (nSPS) is 16.2. The van der Waals surface area contributed by atoms with Gasteiger partial charge in [-0.05, 0) is 12.1 Å². The Morgan fingerprint density at radius 2 is 2.24 bits per heavy atom. The first-order chi connectivity index (χ1) is 7.84. The van der Waals surface area contributed by atoms with Gasteiger partial charge in [0.1, 0.15) is 5.76 Å². The molecule has 0 saturated carbocycles. The van der Waals surface area contributed by atoms with Gasteiger partial charge in [0.2, 0.25) is 5.91 Å². The quantitative estimate of drug-likeness (QED) is 0.813. The Morgan fingerprint density at radius 3 is 2.88 bits per heavy atom. The monoisotopic (exact) mass is 259 g/mol. The number of furan rings is 1. The molecule has 0 atom stereocenters. The van der Waals surface area contributed by atoms with Crippen molar-refractivity contribution in [1.29, 1.82) is 0 Å². The molecule has 1 fully saturated rings. The molecule has 1 aromatic rings. The van der Waals surface area contributed by atoms with Crippen LogP contribution in [0.5, 0.6) is 0 Å². The van der Waals surface area contributed by atoms with Gasteiger partial charge in [0.25, 0.3) is 0 Å². The van der Waals surface area contributed by atoms with Crippen LogP contribution in [0.15, 0.2) is 22.8 Å². The van der Waals surface area contributed by atoms with Crippen molar-refractivity contribution >= 4 is 18.3 Å². The largest absolute Gasteiger partial charge is 0.467 e. The highest BCUT2D eigenvalue weighted by Gasteiger charge is 2.13. The number of amides is 1. The molecule has 0 aromatic carbocycles. The lowest BCUT2D eigenvalue weighted by Crippen LogP contribution is -2.47. The molecule has 96 valence electrons. The molecule has 2 heterocycles. The molecule has 5 nitrogen and oxygen atoms in total. The minimum absolute atomic E-state index is 0. The second kappa shape index (κ2) is 7.32. The SMILES string of the molecule is Cl.O=C(CN1CCNCC1)NCc1ccco1. The zero-order valence-corrected chi connectivity index (χ0v) is 10.5. The Bertz CT molecular complexity index is 323. The van der Waals surface area contributed by atoms with Crippen LogP contribution in [0.2, 0.25) is 0 Å². The molecule has 1 saturated heterocycles. The second-order valence-corrected chi connectivity index (χ2v) is 3.88. The maximum absolute atomic E-state index is 11.6. The number of carbonyl (C=O) groups is 1. The van der Waals surface area contributed by atoms with Crippen LogP contribution in [0, 0.1) is 0 Å². The molecule has 2 N–H and O–H groups in total. The molecule has 0 unspecified atom stereocenters. The van der Waals surface area contributed by atoms with Gasteiger partial charge in [-0.1, -0.05) is 0 Å². The van der Waals surface area contributed by atoms with Gasteiger partial charge in [0.05, 0.1) is 19.4 Å². The maximum atomic E-state index is 11.6. The summed E-state index contributed by atoms with van der Waals surface area (Å²) in [6.07, 6.45) is 1.61. The Morgan fingerprint density at radius 1 is 1.47 bits per heavy atom. The van der Waals surface area contributed by atoms with E-state index < -0.39 is 0 Å². The summed E-state index contributed by atoms with van der Waals surface area (Å²) in [5.41, 5.74) is 0. The average Bonchev–Trinajstić information content (AvgIpc) is 2.81. The van der Waals surface area contributed by atoms with Crippen molar-refractivity contribution in [1.82, 2.24) is 15.5 Å².